The van der Waals surface area contributed by atoms with Crippen LogP contribution in [0.2, 0.25) is 0 Å². The maximum absolute atomic E-state index is 11.3. The summed E-state index contributed by atoms with van der Waals surface area (Å²) in [6.45, 7) is 4.06. The van der Waals surface area contributed by atoms with Gasteiger partial charge in [-0.3, -0.25) is 0 Å². The minimum absolute atomic E-state index is 0.336. The summed E-state index contributed by atoms with van der Waals surface area (Å²) in [5, 5.41) is 0. The third-order valence-electron chi connectivity index (χ3n) is 3.92. The Morgan fingerprint density at radius 1 is 1.00 bits per heavy atom. The van der Waals surface area contributed by atoms with Crippen molar-refractivity contribution >= 4 is 24.2 Å². The molecule has 0 amide bonds. The number of ether oxygens (including phenoxy) is 1. The van der Waals surface area contributed by atoms with E-state index in [1.165, 1.54) is 6.08 Å². The van der Waals surface area contributed by atoms with Gasteiger partial charge in [-0.15, -0.1) is 0 Å². The smallest absolute Gasteiger partial charge is 0.330 e. The van der Waals surface area contributed by atoms with E-state index in [2.05, 4.69) is 4.98 Å². The molecule has 0 aliphatic carbocycles. The summed E-state index contributed by atoms with van der Waals surface area (Å²) >= 11 is 0. The number of carbonyl (C=O) groups excluding carboxylic acids is 1. The standard InChI is InChI=1S/C23H21NO3/c1-3-26-22(25)16-14-19-11-9-18(10-12-19)13-15-21-17(2)27-23(24-21)20-7-5-4-6-8-20/h4-16H,3H2,1-2H3/b15-13?,16-14+. The SMILES string of the molecule is CCOC(=O)/C=C/c1ccc(C=Cc2nc(-c3ccccc3)oc2C)cc1. The first-order chi connectivity index (χ1) is 13.2. The maximum atomic E-state index is 11.3. The summed E-state index contributed by atoms with van der Waals surface area (Å²) in [7, 11) is 0. The number of rotatable bonds is 6. The minimum atomic E-state index is -0.336. The highest BCUT2D eigenvalue weighted by molar-refractivity contribution is 5.87. The van der Waals surface area contributed by atoms with Gasteiger partial charge >= 0.3 is 5.97 Å². The quantitative estimate of drug-likeness (QED) is 0.437. The van der Waals surface area contributed by atoms with E-state index in [-0.39, 0.29) is 5.97 Å². The molecule has 0 N–H and O–H groups in total. The summed E-state index contributed by atoms with van der Waals surface area (Å²) in [6, 6.07) is 17.7. The summed E-state index contributed by atoms with van der Waals surface area (Å²) in [6.07, 6.45) is 7.09. The summed E-state index contributed by atoms with van der Waals surface area (Å²) in [4.78, 5) is 15.9. The lowest BCUT2D eigenvalue weighted by molar-refractivity contribution is -0.137. The number of hydrogen-bond donors (Lipinski definition) is 0. The maximum Gasteiger partial charge on any atom is 0.330 e. The Labute approximate surface area is 158 Å². The summed E-state index contributed by atoms with van der Waals surface area (Å²) < 4.78 is 10.6. The second-order valence-corrected chi connectivity index (χ2v) is 5.91. The summed E-state index contributed by atoms with van der Waals surface area (Å²) in [5.74, 6) is 1.06. The molecule has 0 bridgehead atoms. The Bertz CT molecular complexity index is 951. The topological polar surface area (TPSA) is 52.3 Å². The Morgan fingerprint density at radius 2 is 1.67 bits per heavy atom. The fraction of sp³-hybridized carbons (Fsp3) is 0.130. The van der Waals surface area contributed by atoms with Crippen molar-refractivity contribution in [3.63, 3.8) is 0 Å². The number of aromatic nitrogens is 1. The van der Waals surface area contributed by atoms with Gasteiger partial charge in [0.1, 0.15) is 11.5 Å². The van der Waals surface area contributed by atoms with Crippen LogP contribution in [0.4, 0.5) is 0 Å². The molecule has 1 heterocycles. The Balaban J connectivity index is 1.69. The normalized spacial score (nSPS) is 11.3. The molecule has 0 aliphatic heterocycles. The molecule has 0 aliphatic rings. The summed E-state index contributed by atoms with van der Waals surface area (Å²) in [5.41, 5.74) is 3.73. The predicted molar refractivity (Wildman–Crippen MR) is 108 cm³/mol. The van der Waals surface area contributed by atoms with Gasteiger partial charge in [-0.25, -0.2) is 9.78 Å². The van der Waals surface area contributed by atoms with Crippen LogP contribution in [0.15, 0.2) is 65.1 Å². The molecule has 0 atom stereocenters. The third kappa shape index (κ3) is 5.05. The number of carbonyl (C=O) groups is 1. The average Bonchev–Trinajstić information content (AvgIpc) is 3.07. The molecule has 0 saturated carbocycles. The Morgan fingerprint density at radius 3 is 2.33 bits per heavy atom. The van der Waals surface area contributed by atoms with Gasteiger partial charge in [0.2, 0.25) is 5.89 Å². The van der Waals surface area contributed by atoms with E-state index in [1.54, 1.807) is 13.0 Å². The second kappa shape index (κ2) is 8.81. The fourth-order valence-electron chi connectivity index (χ4n) is 2.52. The molecule has 4 nitrogen and oxygen atoms in total. The van der Waals surface area contributed by atoms with E-state index in [9.17, 15) is 4.79 Å². The van der Waals surface area contributed by atoms with Gasteiger partial charge in [-0.1, -0.05) is 48.5 Å². The number of aryl methyl sites for hydroxylation is 1. The third-order valence-corrected chi connectivity index (χ3v) is 3.92. The van der Waals surface area contributed by atoms with Crippen LogP contribution in [0, 0.1) is 6.92 Å². The van der Waals surface area contributed by atoms with E-state index in [4.69, 9.17) is 9.15 Å². The van der Waals surface area contributed by atoms with E-state index < -0.39 is 0 Å². The first kappa shape index (κ1) is 18.4. The number of oxazole rings is 1. The lowest BCUT2D eigenvalue weighted by Crippen LogP contribution is -1.98. The monoisotopic (exact) mass is 359 g/mol. The van der Waals surface area contributed by atoms with Gasteiger partial charge in [-0.2, -0.15) is 0 Å². The molecule has 27 heavy (non-hydrogen) atoms. The van der Waals surface area contributed by atoms with Crippen molar-refractivity contribution in [2.45, 2.75) is 13.8 Å². The largest absolute Gasteiger partial charge is 0.463 e. The molecule has 4 heteroatoms. The first-order valence-corrected chi connectivity index (χ1v) is 8.81. The van der Waals surface area contributed by atoms with Gasteiger partial charge in [0.05, 0.1) is 6.61 Å². The van der Waals surface area contributed by atoms with Crippen molar-refractivity contribution in [3.8, 4) is 11.5 Å². The molecule has 0 fully saturated rings. The van der Waals surface area contributed by atoms with Crippen LogP contribution in [0.25, 0.3) is 29.7 Å². The molecule has 3 aromatic rings. The first-order valence-electron chi connectivity index (χ1n) is 8.81. The molecule has 0 saturated heterocycles. The number of hydrogen-bond acceptors (Lipinski definition) is 4. The van der Waals surface area contributed by atoms with Gasteiger partial charge < -0.3 is 9.15 Å². The van der Waals surface area contributed by atoms with Crippen molar-refractivity contribution in [2.75, 3.05) is 6.61 Å². The number of esters is 1. The van der Waals surface area contributed by atoms with Crippen molar-refractivity contribution in [1.29, 1.82) is 0 Å². The van der Waals surface area contributed by atoms with E-state index in [0.29, 0.717) is 12.5 Å². The minimum Gasteiger partial charge on any atom is -0.463 e. The van der Waals surface area contributed by atoms with Crippen LogP contribution in [-0.4, -0.2) is 17.6 Å². The van der Waals surface area contributed by atoms with Crippen molar-refractivity contribution in [3.05, 3.63) is 83.3 Å². The highest BCUT2D eigenvalue weighted by Gasteiger charge is 2.08. The molecule has 2 aromatic carbocycles. The van der Waals surface area contributed by atoms with Gasteiger partial charge in [0.15, 0.2) is 0 Å². The lowest BCUT2D eigenvalue weighted by Gasteiger charge is -1.97. The Kier molecular flexibility index (Phi) is 6.00. The van der Waals surface area contributed by atoms with Crippen molar-refractivity contribution in [2.24, 2.45) is 0 Å². The van der Waals surface area contributed by atoms with Crippen LogP contribution < -0.4 is 0 Å². The fourth-order valence-corrected chi connectivity index (χ4v) is 2.52. The van der Waals surface area contributed by atoms with Gasteiger partial charge in [0.25, 0.3) is 0 Å². The van der Waals surface area contributed by atoms with Crippen molar-refractivity contribution in [1.82, 2.24) is 4.98 Å². The zero-order chi connectivity index (χ0) is 19.1. The molecule has 0 spiro atoms. The van der Waals surface area contributed by atoms with Gasteiger partial charge in [-0.05, 0) is 49.3 Å². The predicted octanol–water partition coefficient (Wildman–Crippen LogP) is 5.40. The molecule has 0 unspecified atom stereocenters. The van der Waals surface area contributed by atoms with Crippen LogP contribution >= 0.6 is 0 Å². The van der Waals surface area contributed by atoms with Crippen LogP contribution in [0.3, 0.4) is 0 Å². The molecule has 3 rings (SSSR count). The number of benzene rings is 2. The zero-order valence-corrected chi connectivity index (χ0v) is 15.4. The Hall–Kier alpha value is -3.40. The van der Waals surface area contributed by atoms with E-state index >= 15 is 0 Å². The van der Waals surface area contributed by atoms with Crippen LogP contribution in [-0.2, 0) is 9.53 Å². The average molecular weight is 359 g/mol. The molecular formula is C23H21NO3. The molecule has 1 aromatic heterocycles. The van der Waals surface area contributed by atoms with E-state index in [0.717, 1.165) is 28.1 Å². The second-order valence-electron chi connectivity index (χ2n) is 5.91. The van der Waals surface area contributed by atoms with E-state index in [1.807, 2.05) is 73.7 Å². The molecule has 136 valence electrons. The lowest BCUT2D eigenvalue weighted by atomic mass is 10.1. The van der Waals surface area contributed by atoms with Crippen molar-refractivity contribution < 1.29 is 13.9 Å². The van der Waals surface area contributed by atoms with Crippen LogP contribution in [0.5, 0.6) is 0 Å². The highest BCUT2D eigenvalue weighted by atomic mass is 16.5. The van der Waals surface area contributed by atoms with Crippen LogP contribution in [0.1, 0.15) is 29.5 Å². The highest BCUT2D eigenvalue weighted by Crippen LogP contribution is 2.22. The molecule has 0 radical (unpaired) electrons. The number of nitrogens with zero attached hydrogens (tertiary/aromatic N) is 1. The molecular weight excluding hydrogens is 338 g/mol. The zero-order valence-electron chi connectivity index (χ0n) is 15.4. The van der Waals surface area contributed by atoms with Gasteiger partial charge in [0, 0.05) is 11.6 Å².